The van der Waals surface area contributed by atoms with Crippen molar-refractivity contribution >= 4 is 11.9 Å². The molecule has 31 heavy (non-hydrogen) atoms. The molecule has 0 aliphatic carbocycles. The highest BCUT2D eigenvalue weighted by molar-refractivity contribution is 5.89. The Labute approximate surface area is 181 Å². The number of carbonyl (C=O) groups is 2. The van der Waals surface area contributed by atoms with Gasteiger partial charge in [-0.1, -0.05) is 42.5 Å². The van der Waals surface area contributed by atoms with Gasteiger partial charge in [-0.2, -0.15) is 0 Å². The van der Waals surface area contributed by atoms with Crippen LogP contribution in [-0.2, 0) is 14.3 Å². The molecule has 166 valence electrons. The maximum absolute atomic E-state index is 9.55. The van der Waals surface area contributed by atoms with Gasteiger partial charge in [0.1, 0.15) is 6.10 Å². The highest BCUT2D eigenvalue weighted by atomic mass is 16.6. The molecule has 1 aliphatic rings. The summed E-state index contributed by atoms with van der Waals surface area (Å²) in [5.41, 5.74) is 1.10. The molecule has 8 heteroatoms. The molecule has 3 rings (SSSR count). The van der Waals surface area contributed by atoms with E-state index in [0.29, 0.717) is 25.4 Å². The first-order valence-corrected chi connectivity index (χ1v) is 9.91. The number of hydrogen-bond acceptors (Lipinski definition) is 6. The van der Waals surface area contributed by atoms with Crippen LogP contribution in [0.25, 0.3) is 0 Å². The summed E-state index contributed by atoms with van der Waals surface area (Å²) in [5.74, 6) is -1.00. The van der Waals surface area contributed by atoms with E-state index in [1.807, 2.05) is 49.4 Å². The number of para-hydroxylation sites is 2. The second kappa shape index (κ2) is 13.0. The van der Waals surface area contributed by atoms with Crippen LogP contribution in [0.4, 0.5) is 0 Å². The summed E-state index contributed by atoms with van der Waals surface area (Å²) in [6, 6.07) is 18.0. The molecule has 0 spiro atoms. The molecule has 0 bridgehead atoms. The van der Waals surface area contributed by atoms with Crippen LogP contribution in [0.1, 0.15) is 18.6 Å². The number of carboxylic acid groups (broad SMARTS) is 2. The van der Waals surface area contributed by atoms with Gasteiger partial charge in [-0.3, -0.25) is 0 Å². The van der Waals surface area contributed by atoms with Crippen LogP contribution in [0.15, 0.2) is 66.7 Å². The van der Waals surface area contributed by atoms with Crippen LogP contribution < -0.4 is 14.8 Å². The van der Waals surface area contributed by atoms with E-state index in [0.717, 1.165) is 30.2 Å². The highest BCUT2D eigenvalue weighted by Crippen LogP contribution is 2.33. The van der Waals surface area contributed by atoms with Crippen molar-refractivity contribution in [1.82, 2.24) is 5.32 Å². The van der Waals surface area contributed by atoms with Crippen LogP contribution in [0.5, 0.6) is 11.5 Å². The van der Waals surface area contributed by atoms with Gasteiger partial charge in [0.15, 0.2) is 17.6 Å². The van der Waals surface area contributed by atoms with E-state index in [1.54, 1.807) is 0 Å². The van der Waals surface area contributed by atoms with Gasteiger partial charge in [0, 0.05) is 25.2 Å². The van der Waals surface area contributed by atoms with Gasteiger partial charge in [0.25, 0.3) is 0 Å². The van der Waals surface area contributed by atoms with E-state index in [2.05, 4.69) is 17.4 Å². The zero-order chi connectivity index (χ0) is 22.5. The third-order valence-corrected chi connectivity index (χ3v) is 4.19. The fourth-order valence-corrected chi connectivity index (χ4v) is 2.88. The molecule has 2 aromatic rings. The van der Waals surface area contributed by atoms with Crippen molar-refractivity contribution in [2.24, 2.45) is 0 Å². The van der Waals surface area contributed by atoms with Gasteiger partial charge in [0.05, 0.1) is 13.2 Å². The molecular formula is C23H27NO7. The minimum absolute atomic E-state index is 0.0270. The largest absolute Gasteiger partial charge is 0.490 e. The lowest BCUT2D eigenvalue weighted by Crippen LogP contribution is -2.43. The maximum atomic E-state index is 9.55. The van der Waals surface area contributed by atoms with Gasteiger partial charge in [0.2, 0.25) is 0 Å². The molecule has 1 heterocycles. The molecule has 1 aliphatic heterocycles. The van der Waals surface area contributed by atoms with Gasteiger partial charge < -0.3 is 29.7 Å². The summed E-state index contributed by atoms with van der Waals surface area (Å²) in [6.07, 6.45) is 0.913. The Bertz CT molecular complexity index is 832. The number of benzene rings is 2. The first kappa shape index (κ1) is 23.9. The average Bonchev–Trinajstić information content (AvgIpc) is 2.79. The molecule has 0 radical (unpaired) electrons. The molecule has 0 aromatic heterocycles. The number of ether oxygens (including phenoxy) is 3. The number of hydrogen-bond donors (Lipinski definition) is 3. The molecule has 2 aromatic carbocycles. The zero-order valence-corrected chi connectivity index (χ0v) is 17.3. The normalized spacial score (nSPS) is 16.6. The molecule has 3 N–H and O–H groups in total. The van der Waals surface area contributed by atoms with Crippen LogP contribution in [0, 0.1) is 0 Å². The maximum Gasteiger partial charge on any atom is 0.328 e. The second-order valence-corrected chi connectivity index (χ2v) is 6.45. The number of carboxylic acids is 2. The molecular weight excluding hydrogens is 402 g/mol. The molecule has 0 saturated carbocycles. The first-order valence-electron chi connectivity index (χ1n) is 9.91. The predicted octanol–water partition coefficient (Wildman–Crippen LogP) is 2.91. The van der Waals surface area contributed by atoms with E-state index in [4.69, 9.17) is 24.4 Å². The number of nitrogens with one attached hydrogen (secondary N) is 1. The van der Waals surface area contributed by atoms with Crippen LogP contribution in [0.2, 0.25) is 0 Å². The molecule has 0 unspecified atom stereocenters. The van der Waals surface area contributed by atoms with Crippen molar-refractivity contribution in [3.8, 4) is 11.5 Å². The molecule has 1 fully saturated rings. The highest BCUT2D eigenvalue weighted by Gasteiger charge is 2.28. The molecule has 2 atom stereocenters. The van der Waals surface area contributed by atoms with E-state index >= 15 is 0 Å². The lowest BCUT2D eigenvalue weighted by Gasteiger charge is -2.32. The molecule has 0 amide bonds. The van der Waals surface area contributed by atoms with Crippen molar-refractivity contribution in [2.45, 2.75) is 19.1 Å². The number of morpholine rings is 1. The lowest BCUT2D eigenvalue weighted by atomic mass is 10.0. The Morgan fingerprint density at radius 1 is 1.06 bits per heavy atom. The van der Waals surface area contributed by atoms with Crippen molar-refractivity contribution < 1.29 is 34.0 Å². The minimum atomic E-state index is -1.26. The topological polar surface area (TPSA) is 114 Å². The minimum Gasteiger partial charge on any atom is -0.490 e. The van der Waals surface area contributed by atoms with Gasteiger partial charge in [-0.15, -0.1) is 0 Å². The monoisotopic (exact) mass is 429 g/mol. The standard InChI is InChI=1S/C19H23NO3.C4H4O4/c1-2-21-16-10-6-7-11-17(16)23-19(15-8-4-3-5-9-15)18-14-20-12-13-22-18;5-3(6)1-2-4(7)8/h3-11,18-20H,2,12-14H2,1H3;1-2H,(H,5,6)(H,7,8)/b;2-1+/t18-,19-;/m1./s1. The quantitative estimate of drug-likeness (QED) is 0.549. The van der Waals surface area contributed by atoms with Crippen molar-refractivity contribution in [2.75, 3.05) is 26.3 Å². The first-order chi connectivity index (χ1) is 15.0. The van der Waals surface area contributed by atoms with Crippen LogP contribution in [0.3, 0.4) is 0 Å². The SMILES string of the molecule is CCOc1ccccc1O[C@H](c1ccccc1)[C@H]1CNCCO1.O=C(O)/C=C/C(=O)O. The summed E-state index contributed by atoms with van der Waals surface area (Å²) >= 11 is 0. The van der Waals surface area contributed by atoms with E-state index in [9.17, 15) is 9.59 Å². The summed E-state index contributed by atoms with van der Waals surface area (Å²) in [6.45, 7) is 4.94. The van der Waals surface area contributed by atoms with Gasteiger partial charge >= 0.3 is 11.9 Å². The van der Waals surface area contributed by atoms with E-state index in [1.165, 1.54) is 0 Å². The van der Waals surface area contributed by atoms with E-state index in [-0.39, 0.29) is 12.2 Å². The van der Waals surface area contributed by atoms with Crippen LogP contribution >= 0.6 is 0 Å². The predicted molar refractivity (Wildman–Crippen MR) is 114 cm³/mol. The fourth-order valence-electron chi connectivity index (χ4n) is 2.88. The van der Waals surface area contributed by atoms with Crippen molar-refractivity contribution in [1.29, 1.82) is 0 Å². The number of rotatable bonds is 8. The smallest absolute Gasteiger partial charge is 0.328 e. The number of aliphatic carboxylic acids is 2. The zero-order valence-electron chi connectivity index (χ0n) is 17.3. The fraction of sp³-hybridized carbons (Fsp3) is 0.304. The molecule has 8 nitrogen and oxygen atoms in total. The van der Waals surface area contributed by atoms with Crippen LogP contribution in [-0.4, -0.2) is 54.6 Å². The summed E-state index contributed by atoms with van der Waals surface area (Å²) < 4.78 is 18.0. The average molecular weight is 429 g/mol. The Balaban J connectivity index is 0.000000366. The van der Waals surface area contributed by atoms with Gasteiger partial charge in [-0.25, -0.2) is 9.59 Å². The Morgan fingerprint density at radius 2 is 1.68 bits per heavy atom. The lowest BCUT2D eigenvalue weighted by molar-refractivity contribution is -0.134. The Morgan fingerprint density at radius 3 is 2.23 bits per heavy atom. The third kappa shape index (κ3) is 8.49. The summed E-state index contributed by atoms with van der Waals surface area (Å²) in [7, 11) is 0. The summed E-state index contributed by atoms with van der Waals surface area (Å²) in [4.78, 5) is 19.1. The molecule has 1 saturated heterocycles. The third-order valence-electron chi connectivity index (χ3n) is 4.19. The van der Waals surface area contributed by atoms with Gasteiger partial charge in [-0.05, 0) is 24.6 Å². The van der Waals surface area contributed by atoms with Crippen molar-refractivity contribution in [3.05, 3.63) is 72.3 Å². The Kier molecular flexibility index (Phi) is 10.1. The Hall–Kier alpha value is -3.36. The van der Waals surface area contributed by atoms with Crippen molar-refractivity contribution in [3.63, 3.8) is 0 Å². The van der Waals surface area contributed by atoms with E-state index < -0.39 is 11.9 Å². The summed E-state index contributed by atoms with van der Waals surface area (Å²) in [5, 5.41) is 19.0. The second-order valence-electron chi connectivity index (χ2n) is 6.45.